The van der Waals surface area contributed by atoms with Gasteiger partial charge >= 0.3 is 6.18 Å². The predicted molar refractivity (Wildman–Crippen MR) is 73.2 cm³/mol. The largest absolute Gasteiger partial charge is 0.507 e. The zero-order valence-corrected chi connectivity index (χ0v) is 10.9. The van der Waals surface area contributed by atoms with Crippen molar-refractivity contribution in [3.05, 3.63) is 36.4 Å². The van der Waals surface area contributed by atoms with Gasteiger partial charge in [-0.1, -0.05) is 24.3 Å². The molecule has 4 nitrogen and oxygen atoms in total. The second-order valence-electron chi connectivity index (χ2n) is 4.44. The van der Waals surface area contributed by atoms with Gasteiger partial charge in [-0.25, -0.2) is 0 Å². The fourth-order valence-electron chi connectivity index (χ4n) is 1.91. The second-order valence-corrected chi connectivity index (χ2v) is 4.44. The first-order valence-electron chi connectivity index (χ1n) is 6.15. The van der Waals surface area contributed by atoms with E-state index in [9.17, 15) is 23.1 Å². The molecule has 2 aromatic carbocycles. The van der Waals surface area contributed by atoms with E-state index >= 15 is 0 Å². The van der Waals surface area contributed by atoms with E-state index in [4.69, 9.17) is 0 Å². The van der Waals surface area contributed by atoms with Crippen LogP contribution in [0.15, 0.2) is 36.4 Å². The van der Waals surface area contributed by atoms with Crippen molar-refractivity contribution in [1.29, 1.82) is 0 Å². The Morgan fingerprint density at radius 1 is 1.10 bits per heavy atom. The van der Waals surface area contributed by atoms with Crippen molar-refractivity contribution in [1.82, 2.24) is 5.32 Å². The quantitative estimate of drug-likeness (QED) is 0.813. The van der Waals surface area contributed by atoms with Gasteiger partial charge in [-0.3, -0.25) is 4.79 Å². The molecule has 0 fully saturated rings. The van der Waals surface area contributed by atoms with Crippen molar-refractivity contribution < 1.29 is 23.1 Å². The lowest BCUT2D eigenvalue weighted by atomic mass is 10.1. The summed E-state index contributed by atoms with van der Waals surface area (Å²) in [6.45, 7) is -1.68. The monoisotopic (exact) mass is 298 g/mol. The molecule has 0 bridgehead atoms. The molecule has 0 unspecified atom stereocenters. The lowest BCUT2D eigenvalue weighted by Crippen LogP contribution is -2.35. The van der Waals surface area contributed by atoms with Gasteiger partial charge in [0.25, 0.3) is 0 Å². The van der Waals surface area contributed by atoms with Crippen LogP contribution in [-0.2, 0) is 4.79 Å². The number of halogens is 3. The number of alkyl halides is 3. The van der Waals surface area contributed by atoms with Gasteiger partial charge in [0.05, 0.1) is 13.1 Å². The number of phenolic OH excluding ortho intramolecular Hbond substituents is 1. The van der Waals surface area contributed by atoms with Crippen LogP contribution in [0.1, 0.15) is 0 Å². The van der Waals surface area contributed by atoms with E-state index in [1.165, 1.54) is 6.07 Å². The molecule has 0 atom stereocenters. The maximum absolute atomic E-state index is 12.0. The van der Waals surface area contributed by atoms with Gasteiger partial charge in [-0.15, -0.1) is 0 Å². The fraction of sp³-hybridized carbons (Fsp3) is 0.214. The van der Waals surface area contributed by atoms with Gasteiger partial charge in [0.2, 0.25) is 5.91 Å². The second kappa shape index (κ2) is 6.01. The summed E-state index contributed by atoms with van der Waals surface area (Å²) >= 11 is 0. The molecule has 0 radical (unpaired) electrons. The number of benzene rings is 2. The lowest BCUT2D eigenvalue weighted by molar-refractivity contribution is -0.126. The number of hydrogen-bond donors (Lipinski definition) is 3. The molecule has 0 saturated carbocycles. The summed E-state index contributed by atoms with van der Waals surface area (Å²) in [5.41, 5.74) is 0.433. The first kappa shape index (κ1) is 15.1. The Hall–Kier alpha value is -2.28. The third-order valence-corrected chi connectivity index (χ3v) is 2.78. The minimum atomic E-state index is -4.36. The van der Waals surface area contributed by atoms with E-state index in [-0.39, 0.29) is 5.75 Å². The average molecular weight is 298 g/mol. The van der Waals surface area contributed by atoms with E-state index in [0.29, 0.717) is 16.5 Å². The number of amides is 1. The number of nitrogens with one attached hydrogen (secondary N) is 2. The molecule has 2 aromatic rings. The van der Waals surface area contributed by atoms with Gasteiger partial charge in [0, 0.05) is 16.5 Å². The Morgan fingerprint density at radius 3 is 2.48 bits per heavy atom. The summed E-state index contributed by atoms with van der Waals surface area (Å²) in [4.78, 5) is 11.6. The van der Waals surface area contributed by atoms with E-state index in [2.05, 4.69) is 5.32 Å². The van der Waals surface area contributed by atoms with E-state index in [1.807, 2.05) is 5.32 Å². The smallest absolute Gasteiger partial charge is 0.401 e. The number of phenols is 1. The Bertz CT molecular complexity index is 656. The normalized spacial score (nSPS) is 11.6. The van der Waals surface area contributed by atoms with Gasteiger partial charge in [0.15, 0.2) is 0 Å². The van der Waals surface area contributed by atoms with E-state index in [1.54, 1.807) is 30.3 Å². The molecule has 0 aliphatic rings. The summed E-state index contributed by atoms with van der Waals surface area (Å²) < 4.78 is 35.9. The molecule has 0 aromatic heterocycles. The highest BCUT2D eigenvalue weighted by Gasteiger charge is 2.26. The van der Waals surface area contributed by atoms with Crippen molar-refractivity contribution in [2.75, 3.05) is 18.4 Å². The van der Waals surface area contributed by atoms with Crippen LogP contribution in [0.5, 0.6) is 5.75 Å². The zero-order valence-electron chi connectivity index (χ0n) is 10.9. The number of hydrogen-bond acceptors (Lipinski definition) is 3. The number of fused-ring (bicyclic) bond motifs is 1. The minimum absolute atomic E-state index is 0.0683. The molecule has 3 N–H and O–H groups in total. The number of carbonyl (C=O) groups excluding carboxylic acids is 1. The molecular formula is C14H13F3N2O2. The highest BCUT2D eigenvalue weighted by molar-refractivity contribution is 6.04. The SMILES string of the molecule is O=C(CNCC(F)(F)F)Nc1cccc2c(O)cccc12. The summed E-state index contributed by atoms with van der Waals surface area (Å²) in [5.74, 6) is -0.520. The molecule has 2 rings (SSSR count). The number of aromatic hydroxyl groups is 1. The molecule has 0 spiro atoms. The third kappa shape index (κ3) is 4.09. The molecule has 0 saturated heterocycles. The summed E-state index contributed by atoms with van der Waals surface area (Å²) in [5, 5.41) is 15.4. The first-order valence-corrected chi connectivity index (χ1v) is 6.15. The molecule has 0 heterocycles. The van der Waals surface area contributed by atoms with Crippen LogP contribution in [0.25, 0.3) is 10.8 Å². The van der Waals surface area contributed by atoms with Gasteiger partial charge < -0.3 is 15.7 Å². The molecule has 1 amide bonds. The maximum atomic E-state index is 12.0. The van der Waals surface area contributed by atoms with Crippen LogP contribution in [0.4, 0.5) is 18.9 Å². The van der Waals surface area contributed by atoms with Crippen molar-refractivity contribution in [2.24, 2.45) is 0 Å². The van der Waals surface area contributed by atoms with E-state index in [0.717, 1.165) is 0 Å². The number of rotatable bonds is 4. The van der Waals surface area contributed by atoms with Crippen LogP contribution < -0.4 is 10.6 Å². The molecular weight excluding hydrogens is 285 g/mol. The Morgan fingerprint density at radius 2 is 1.76 bits per heavy atom. The van der Waals surface area contributed by atoms with Gasteiger partial charge in [0.1, 0.15) is 5.75 Å². The number of carbonyl (C=O) groups is 1. The van der Waals surface area contributed by atoms with Crippen LogP contribution in [-0.4, -0.2) is 30.3 Å². The molecule has 7 heteroatoms. The molecule has 21 heavy (non-hydrogen) atoms. The summed E-state index contributed by atoms with van der Waals surface area (Å²) in [6.07, 6.45) is -4.36. The predicted octanol–water partition coefficient (Wildman–Crippen LogP) is 2.64. The van der Waals surface area contributed by atoms with Crippen LogP contribution in [0, 0.1) is 0 Å². The average Bonchev–Trinajstić information content (AvgIpc) is 2.38. The molecule has 0 aliphatic carbocycles. The molecule has 0 aliphatic heterocycles. The maximum Gasteiger partial charge on any atom is 0.401 e. The lowest BCUT2D eigenvalue weighted by Gasteiger charge is -2.11. The van der Waals surface area contributed by atoms with Gasteiger partial charge in [-0.2, -0.15) is 13.2 Å². The first-order chi connectivity index (χ1) is 9.87. The highest BCUT2D eigenvalue weighted by atomic mass is 19.4. The summed E-state index contributed by atoms with van der Waals surface area (Å²) in [6, 6.07) is 9.77. The van der Waals surface area contributed by atoms with Crippen LogP contribution in [0.3, 0.4) is 0 Å². The van der Waals surface area contributed by atoms with Crippen molar-refractivity contribution >= 4 is 22.4 Å². The Balaban J connectivity index is 2.06. The Kier molecular flexibility index (Phi) is 4.32. The Labute approximate surface area is 118 Å². The standard InChI is InChI=1S/C14H13F3N2O2/c15-14(16,17)8-18-7-13(21)19-11-5-1-4-10-9(11)3-2-6-12(10)20/h1-6,18,20H,7-8H2,(H,19,21). The van der Waals surface area contributed by atoms with Crippen molar-refractivity contribution in [3.8, 4) is 5.75 Å². The van der Waals surface area contributed by atoms with Gasteiger partial charge in [-0.05, 0) is 12.1 Å². The minimum Gasteiger partial charge on any atom is -0.507 e. The van der Waals surface area contributed by atoms with Crippen LogP contribution in [0.2, 0.25) is 0 Å². The molecule has 112 valence electrons. The topological polar surface area (TPSA) is 61.4 Å². The number of anilines is 1. The van der Waals surface area contributed by atoms with Crippen molar-refractivity contribution in [2.45, 2.75) is 6.18 Å². The van der Waals surface area contributed by atoms with Crippen LogP contribution >= 0.6 is 0 Å². The fourth-order valence-corrected chi connectivity index (χ4v) is 1.91. The van der Waals surface area contributed by atoms with Crippen molar-refractivity contribution in [3.63, 3.8) is 0 Å². The highest BCUT2D eigenvalue weighted by Crippen LogP contribution is 2.29. The van der Waals surface area contributed by atoms with E-state index < -0.39 is 25.2 Å². The zero-order chi connectivity index (χ0) is 15.5. The summed E-state index contributed by atoms with van der Waals surface area (Å²) in [7, 11) is 0. The third-order valence-electron chi connectivity index (χ3n) is 2.78.